The Morgan fingerprint density at radius 2 is 2.37 bits per heavy atom. The molecule has 19 heavy (non-hydrogen) atoms. The van der Waals surface area contributed by atoms with Crippen molar-refractivity contribution in [3.05, 3.63) is 23.8 Å². The number of ether oxygens (including phenoxy) is 1. The number of phenolic OH excluding ortho intramolecular Hbond substituents is 1. The van der Waals surface area contributed by atoms with Crippen molar-refractivity contribution in [3.8, 4) is 11.5 Å². The summed E-state index contributed by atoms with van der Waals surface area (Å²) >= 11 is 0. The normalized spacial score (nSPS) is 25.6. The van der Waals surface area contributed by atoms with Crippen molar-refractivity contribution in [2.75, 3.05) is 26.2 Å². The van der Waals surface area contributed by atoms with Gasteiger partial charge in [0, 0.05) is 24.2 Å². The van der Waals surface area contributed by atoms with Gasteiger partial charge in [0.25, 0.3) is 0 Å². The molecule has 2 unspecified atom stereocenters. The van der Waals surface area contributed by atoms with Gasteiger partial charge in [0.1, 0.15) is 18.1 Å². The van der Waals surface area contributed by atoms with E-state index < -0.39 is 0 Å². The van der Waals surface area contributed by atoms with E-state index in [0.29, 0.717) is 18.7 Å². The van der Waals surface area contributed by atoms with Crippen molar-refractivity contribution in [1.82, 2.24) is 10.2 Å². The summed E-state index contributed by atoms with van der Waals surface area (Å²) in [6, 6.07) is 6.40. The lowest BCUT2D eigenvalue weighted by molar-refractivity contribution is 0.158. The second-order valence-corrected chi connectivity index (χ2v) is 5.43. The van der Waals surface area contributed by atoms with Crippen LogP contribution in [0.25, 0.3) is 0 Å². The molecule has 1 fully saturated rings. The van der Waals surface area contributed by atoms with Crippen LogP contribution in [0.5, 0.6) is 11.5 Å². The van der Waals surface area contributed by atoms with Crippen molar-refractivity contribution >= 4 is 0 Å². The number of hydrogen-bond donors (Lipinski definition) is 2. The molecule has 0 aliphatic carbocycles. The minimum atomic E-state index is 0.278. The first kappa shape index (κ1) is 12.8. The van der Waals surface area contributed by atoms with Crippen molar-refractivity contribution in [2.45, 2.75) is 31.8 Å². The number of fused-ring (bicyclic) bond motifs is 1. The monoisotopic (exact) mass is 262 g/mol. The number of aromatic hydroxyl groups is 1. The van der Waals surface area contributed by atoms with Crippen LogP contribution in [-0.2, 0) is 0 Å². The third-order valence-corrected chi connectivity index (χ3v) is 4.22. The maximum absolute atomic E-state index is 9.50. The molecule has 1 aromatic rings. The van der Waals surface area contributed by atoms with E-state index in [-0.39, 0.29) is 5.75 Å². The van der Waals surface area contributed by atoms with Crippen molar-refractivity contribution in [3.63, 3.8) is 0 Å². The van der Waals surface area contributed by atoms with Gasteiger partial charge in [-0.1, -0.05) is 6.92 Å². The summed E-state index contributed by atoms with van der Waals surface area (Å²) in [6.07, 6.45) is 2.56. The first-order valence-corrected chi connectivity index (χ1v) is 7.21. The van der Waals surface area contributed by atoms with Crippen molar-refractivity contribution < 1.29 is 9.84 Å². The Kier molecular flexibility index (Phi) is 3.62. The number of benzene rings is 1. The highest BCUT2D eigenvalue weighted by Crippen LogP contribution is 2.38. The first-order chi connectivity index (χ1) is 9.28. The standard InChI is InChI=1S/C15H22N2O2/c1-2-17(9-11-4-3-7-16-11)14-10-19-15-8-12(18)5-6-13(14)15/h5-6,8,11,14,16,18H,2-4,7,9-10H2,1H3. The molecule has 0 amide bonds. The van der Waals surface area contributed by atoms with Crippen LogP contribution in [0.15, 0.2) is 18.2 Å². The molecule has 4 nitrogen and oxygen atoms in total. The Balaban J connectivity index is 1.74. The predicted molar refractivity (Wildman–Crippen MR) is 74.6 cm³/mol. The van der Waals surface area contributed by atoms with Gasteiger partial charge < -0.3 is 15.2 Å². The van der Waals surface area contributed by atoms with Crippen molar-refractivity contribution in [2.24, 2.45) is 0 Å². The average Bonchev–Trinajstić information content (AvgIpc) is 3.04. The number of likely N-dealkylation sites (N-methyl/N-ethyl adjacent to an activating group) is 1. The molecule has 3 rings (SSSR count). The van der Waals surface area contributed by atoms with Crippen LogP contribution in [0.1, 0.15) is 31.4 Å². The zero-order chi connectivity index (χ0) is 13.2. The topological polar surface area (TPSA) is 44.7 Å². The zero-order valence-corrected chi connectivity index (χ0v) is 11.4. The fourth-order valence-corrected chi connectivity index (χ4v) is 3.16. The molecule has 104 valence electrons. The largest absolute Gasteiger partial charge is 0.508 e. The number of nitrogens with zero attached hydrogens (tertiary/aromatic N) is 1. The second kappa shape index (κ2) is 5.39. The van der Waals surface area contributed by atoms with Gasteiger partial charge in [-0.3, -0.25) is 4.90 Å². The minimum Gasteiger partial charge on any atom is -0.508 e. The molecular weight excluding hydrogens is 240 g/mol. The van der Waals surface area contributed by atoms with Gasteiger partial charge in [-0.25, -0.2) is 0 Å². The predicted octanol–water partition coefficient (Wildman–Crippen LogP) is 1.90. The molecule has 2 aliphatic heterocycles. The number of rotatable bonds is 4. The summed E-state index contributed by atoms with van der Waals surface area (Å²) in [7, 11) is 0. The molecular formula is C15H22N2O2. The summed E-state index contributed by atoms with van der Waals surface area (Å²) < 4.78 is 5.72. The van der Waals surface area contributed by atoms with Gasteiger partial charge in [-0.05, 0) is 38.1 Å². The van der Waals surface area contributed by atoms with E-state index in [1.165, 1.54) is 18.4 Å². The molecule has 2 aliphatic rings. The summed E-state index contributed by atoms with van der Waals surface area (Å²) in [5.41, 5.74) is 1.21. The molecule has 0 aromatic heterocycles. The van der Waals surface area contributed by atoms with Gasteiger partial charge >= 0.3 is 0 Å². The molecule has 1 saturated heterocycles. The third-order valence-electron chi connectivity index (χ3n) is 4.22. The van der Waals surface area contributed by atoms with Crippen molar-refractivity contribution in [1.29, 1.82) is 0 Å². The van der Waals surface area contributed by atoms with Crippen LogP contribution in [-0.4, -0.2) is 42.3 Å². The number of nitrogens with one attached hydrogen (secondary N) is 1. The van der Waals surface area contributed by atoms with Crippen LogP contribution >= 0.6 is 0 Å². The summed E-state index contributed by atoms with van der Waals surface area (Å²) in [5.74, 6) is 1.11. The average molecular weight is 262 g/mol. The Hall–Kier alpha value is -1.26. The number of phenols is 1. The lowest BCUT2D eigenvalue weighted by Gasteiger charge is -2.29. The fraction of sp³-hybridized carbons (Fsp3) is 0.600. The van der Waals surface area contributed by atoms with Gasteiger partial charge in [0.2, 0.25) is 0 Å². The van der Waals surface area contributed by atoms with Gasteiger partial charge in [0.05, 0.1) is 6.04 Å². The lowest BCUT2D eigenvalue weighted by atomic mass is 10.1. The van der Waals surface area contributed by atoms with E-state index in [0.717, 1.165) is 25.4 Å². The highest BCUT2D eigenvalue weighted by Gasteiger charge is 2.30. The van der Waals surface area contributed by atoms with Crippen LogP contribution in [0.4, 0.5) is 0 Å². The first-order valence-electron chi connectivity index (χ1n) is 7.21. The molecule has 0 saturated carbocycles. The Labute approximate surface area is 114 Å². The zero-order valence-electron chi connectivity index (χ0n) is 11.4. The lowest BCUT2D eigenvalue weighted by Crippen LogP contribution is -2.40. The highest BCUT2D eigenvalue weighted by molar-refractivity contribution is 5.44. The quantitative estimate of drug-likeness (QED) is 0.870. The van der Waals surface area contributed by atoms with E-state index in [2.05, 4.69) is 17.1 Å². The number of hydrogen-bond acceptors (Lipinski definition) is 4. The summed E-state index contributed by atoms with van der Waals surface area (Å²) in [4.78, 5) is 2.48. The molecule has 2 atom stereocenters. The van der Waals surface area contributed by atoms with Gasteiger partial charge in [0.15, 0.2) is 0 Å². The Bertz CT molecular complexity index is 444. The van der Waals surface area contributed by atoms with Crippen LogP contribution in [0, 0.1) is 0 Å². The Morgan fingerprint density at radius 3 is 3.11 bits per heavy atom. The van der Waals surface area contributed by atoms with Crippen LogP contribution < -0.4 is 10.1 Å². The van der Waals surface area contributed by atoms with E-state index in [4.69, 9.17) is 4.74 Å². The van der Waals surface area contributed by atoms with Crippen LogP contribution in [0.2, 0.25) is 0 Å². The van der Waals surface area contributed by atoms with E-state index in [1.807, 2.05) is 6.07 Å². The summed E-state index contributed by atoms with van der Waals surface area (Å²) in [5, 5.41) is 13.1. The minimum absolute atomic E-state index is 0.278. The van der Waals surface area contributed by atoms with E-state index in [9.17, 15) is 5.11 Å². The van der Waals surface area contributed by atoms with Crippen LogP contribution in [0.3, 0.4) is 0 Å². The molecule has 1 aromatic carbocycles. The van der Waals surface area contributed by atoms with Gasteiger partial charge in [-0.2, -0.15) is 0 Å². The molecule has 0 radical (unpaired) electrons. The maximum atomic E-state index is 9.50. The highest BCUT2D eigenvalue weighted by atomic mass is 16.5. The Morgan fingerprint density at radius 1 is 1.47 bits per heavy atom. The maximum Gasteiger partial charge on any atom is 0.127 e. The fourth-order valence-electron chi connectivity index (χ4n) is 3.16. The molecule has 2 heterocycles. The smallest absolute Gasteiger partial charge is 0.127 e. The molecule has 2 N–H and O–H groups in total. The SMILES string of the molecule is CCN(CC1CCCN1)C1COc2cc(O)ccc21. The third kappa shape index (κ3) is 2.55. The summed E-state index contributed by atoms with van der Waals surface area (Å²) in [6.45, 7) is 6.14. The molecule has 0 bridgehead atoms. The molecule has 4 heteroatoms. The second-order valence-electron chi connectivity index (χ2n) is 5.43. The molecule has 0 spiro atoms. The van der Waals surface area contributed by atoms with E-state index >= 15 is 0 Å². The van der Waals surface area contributed by atoms with Gasteiger partial charge in [-0.15, -0.1) is 0 Å². The van der Waals surface area contributed by atoms with E-state index in [1.54, 1.807) is 12.1 Å².